The van der Waals surface area contributed by atoms with Crippen molar-refractivity contribution in [2.45, 2.75) is 104 Å². The predicted octanol–water partition coefficient (Wildman–Crippen LogP) is 4.13. The average Bonchev–Trinajstić information content (AvgIpc) is 3.32. The van der Waals surface area contributed by atoms with E-state index in [1.54, 1.807) is 27.7 Å². The van der Waals surface area contributed by atoms with Crippen molar-refractivity contribution >= 4 is 45.4 Å². The number of aryl methyl sites for hydroxylation is 1. The Hall–Kier alpha value is -3.88. The minimum atomic E-state index is -1.61. The first-order valence-electron chi connectivity index (χ1n) is 14.9. The molecule has 0 spiro atoms. The SMILES string of the molecule is C=NN(/N=C\C)c1sc2c(c1C)c(=O)n(C(C)(C)C(=O)NC(C)C)c(=O)n2C[C@H](O[C@H]1CC[C@@H](O)CC1)c1cc(F)ccc1O. The molecule has 0 saturated heterocycles. The lowest BCUT2D eigenvalue weighted by Crippen LogP contribution is -2.56. The molecule has 1 fully saturated rings. The highest BCUT2D eigenvalue weighted by molar-refractivity contribution is 7.22. The fraction of sp³-hybridized carbons (Fsp3) is 0.516. The lowest BCUT2D eigenvalue weighted by atomic mass is 9.94. The van der Waals surface area contributed by atoms with Crippen LogP contribution in [0.3, 0.4) is 0 Å². The molecule has 2 aromatic heterocycles. The van der Waals surface area contributed by atoms with Gasteiger partial charge in [0.05, 0.1) is 24.1 Å². The summed E-state index contributed by atoms with van der Waals surface area (Å²) in [6.45, 7) is 13.3. The Morgan fingerprint density at radius 3 is 2.56 bits per heavy atom. The van der Waals surface area contributed by atoms with Crippen LogP contribution in [0.15, 0.2) is 38.0 Å². The monoisotopic (exact) mass is 644 g/mol. The molecule has 14 heteroatoms. The van der Waals surface area contributed by atoms with Gasteiger partial charge in [0.15, 0.2) is 0 Å². The number of aromatic hydroxyl groups is 1. The van der Waals surface area contributed by atoms with Crippen molar-refractivity contribution in [3.63, 3.8) is 0 Å². The standard InChI is InChI=1S/C31H41FN6O6S/c1-8-34-38(33-7)27-18(4)25-26(41)37(31(5,6)29(42)35-17(2)3)30(43)36(28(25)45-27)16-24(22-15-19(32)9-14-23(22)40)44-21-12-10-20(39)11-13-21/h8-9,14-15,17,20-21,24,39-40H,7,10-13,16H2,1-6H3,(H,35,42)/b34-8-/t20-,21+,24-/m0/s1. The minimum Gasteiger partial charge on any atom is -0.508 e. The van der Waals surface area contributed by atoms with Crippen LogP contribution < -0.4 is 21.7 Å². The summed E-state index contributed by atoms with van der Waals surface area (Å²) in [5.41, 5.74) is -2.49. The molecule has 2 heterocycles. The number of benzene rings is 1. The predicted molar refractivity (Wildman–Crippen MR) is 174 cm³/mol. The van der Waals surface area contributed by atoms with E-state index in [9.17, 15) is 29.0 Å². The van der Waals surface area contributed by atoms with Gasteiger partial charge in [0.25, 0.3) is 5.56 Å². The molecule has 244 valence electrons. The third kappa shape index (κ3) is 6.87. The first-order chi connectivity index (χ1) is 21.2. The molecule has 1 amide bonds. The van der Waals surface area contributed by atoms with E-state index in [4.69, 9.17) is 4.74 Å². The van der Waals surface area contributed by atoms with Crippen molar-refractivity contribution in [1.82, 2.24) is 14.5 Å². The third-order valence-electron chi connectivity index (χ3n) is 7.95. The molecule has 1 aliphatic carbocycles. The molecule has 45 heavy (non-hydrogen) atoms. The summed E-state index contributed by atoms with van der Waals surface area (Å²) >= 11 is 1.08. The fourth-order valence-electron chi connectivity index (χ4n) is 5.56. The molecular weight excluding hydrogens is 603 g/mol. The van der Waals surface area contributed by atoms with E-state index >= 15 is 0 Å². The summed E-state index contributed by atoms with van der Waals surface area (Å²) in [6.07, 6.45) is 1.75. The topological polar surface area (TPSA) is 151 Å². The Bertz CT molecular complexity index is 1720. The number of ether oxygens (including phenoxy) is 1. The van der Waals surface area contributed by atoms with Crippen LogP contribution in [0.25, 0.3) is 10.2 Å². The minimum absolute atomic E-state index is 0.120. The number of hydrogen-bond acceptors (Lipinski definition) is 10. The summed E-state index contributed by atoms with van der Waals surface area (Å²) in [5.74, 6) is -1.37. The summed E-state index contributed by atoms with van der Waals surface area (Å²) in [4.78, 5) is 42.2. The fourth-order valence-corrected chi connectivity index (χ4v) is 6.79. The number of phenols is 1. The Morgan fingerprint density at radius 1 is 1.29 bits per heavy atom. The number of halogens is 1. The Kier molecular flexibility index (Phi) is 10.3. The van der Waals surface area contributed by atoms with E-state index in [0.717, 1.165) is 28.0 Å². The van der Waals surface area contributed by atoms with Gasteiger partial charge in [0.1, 0.15) is 33.0 Å². The molecule has 0 aliphatic heterocycles. The van der Waals surface area contributed by atoms with Gasteiger partial charge < -0.3 is 20.3 Å². The lowest BCUT2D eigenvalue weighted by molar-refractivity contribution is -0.129. The lowest BCUT2D eigenvalue weighted by Gasteiger charge is -2.31. The first kappa shape index (κ1) is 34.0. The number of carbonyl (C=O) groups is 1. The largest absolute Gasteiger partial charge is 0.508 e. The Morgan fingerprint density at radius 2 is 1.96 bits per heavy atom. The number of amides is 1. The molecule has 0 radical (unpaired) electrons. The molecule has 0 bridgehead atoms. The number of phenolic OH excluding ortho intramolecular Hbond substituents is 1. The van der Waals surface area contributed by atoms with Crippen molar-refractivity contribution in [1.29, 1.82) is 0 Å². The number of aliphatic hydroxyl groups is 1. The number of aromatic nitrogens is 2. The molecule has 1 saturated carbocycles. The molecule has 12 nitrogen and oxygen atoms in total. The van der Waals surface area contributed by atoms with Crippen molar-refractivity contribution < 1.29 is 24.1 Å². The summed E-state index contributed by atoms with van der Waals surface area (Å²) in [7, 11) is 0. The van der Waals surface area contributed by atoms with Crippen LogP contribution in [0.5, 0.6) is 5.75 Å². The summed E-state index contributed by atoms with van der Waals surface area (Å²) in [6, 6.07) is 3.23. The average molecular weight is 645 g/mol. The Balaban J connectivity index is 2.01. The highest BCUT2D eigenvalue weighted by Gasteiger charge is 2.37. The first-order valence-corrected chi connectivity index (χ1v) is 15.7. The number of carbonyl (C=O) groups excluding carboxylic acids is 1. The molecule has 1 atom stereocenters. The van der Waals surface area contributed by atoms with E-state index in [1.807, 2.05) is 0 Å². The number of aliphatic hydroxyl groups excluding tert-OH is 1. The number of fused-ring (bicyclic) bond motifs is 1. The summed E-state index contributed by atoms with van der Waals surface area (Å²) in [5, 5.41) is 33.6. The normalized spacial score (nSPS) is 18.1. The van der Waals surface area contributed by atoms with Gasteiger partial charge in [0, 0.05) is 30.1 Å². The second-order valence-corrected chi connectivity index (χ2v) is 13.0. The maximum atomic E-state index is 14.5. The second kappa shape index (κ2) is 13.6. The number of rotatable bonds is 11. The van der Waals surface area contributed by atoms with Gasteiger partial charge >= 0.3 is 5.69 Å². The maximum absolute atomic E-state index is 14.5. The third-order valence-corrected chi connectivity index (χ3v) is 9.23. The molecule has 1 aromatic carbocycles. The van der Waals surface area contributed by atoms with Crippen molar-refractivity contribution in [2.75, 3.05) is 5.12 Å². The Labute approximate surface area is 264 Å². The molecule has 1 aliphatic rings. The van der Waals surface area contributed by atoms with Crippen LogP contribution in [0.4, 0.5) is 9.39 Å². The van der Waals surface area contributed by atoms with Crippen LogP contribution in [-0.2, 0) is 21.6 Å². The van der Waals surface area contributed by atoms with Crippen LogP contribution in [0.2, 0.25) is 0 Å². The van der Waals surface area contributed by atoms with E-state index < -0.39 is 40.7 Å². The number of hydrogen-bond donors (Lipinski definition) is 3. The zero-order valence-corrected chi connectivity index (χ0v) is 27.2. The summed E-state index contributed by atoms with van der Waals surface area (Å²) < 4.78 is 23.2. The number of hydrazone groups is 2. The quantitative estimate of drug-likeness (QED) is 0.210. The van der Waals surface area contributed by atoms with Crippen molar-refractivity contribution in [2.24, 2.45) is 10.2 Å². The van der Waals surface area contributed by atoms with Gasteiger partial charge in [0.2, 0.25) is 5.91 Å². The maximum Gasteiger partial charge on any atom is 0.333 e. The van der Waals surface area contributed by atoms with Crippen LogP contribution in [0, 0.1) is 12.7 Å². The highest BCUT2D eigenvalue weighted by atomic mass is 32.1. The van der Waals surface area contributed by atoms with Crippen LogP contribution in [0.1, 0.15) is 77.5 Å². The van der Waals surface area contributed by atoms with Gasteiger partial charge in [-0.25, -0.2) is 13.8 Å². The zero-order chi connectivity index (χ0) is 33.2. The molecule has 0 unspecified atom stereocenters. The number of anilines is 1. The molecular formula is C31H41FN6O6S. The molecule has 3 aromatic rings. The van der Waals surface area contributed by atoms with E-state index in [1.165, 1.54) is 35.8 Å². The van der Waals surface area contributed by atoms with Gasteiger partial charge in [-0.15, -0.1) is 5.12 Å². The zero-order valence-electron chi connectivity index (χ0n) is 26.4. The van der Waals surface area contributed by atoms with E-state index in [0.29, 0.717) is 36.2 Å². The van der Waals surface area contributed by atoms with Crippen LogP contribution in [-0.4, -0.2) is 56.4 Å². The van der Waals surface area contributed by atoms with Crippen LogP contribution >= 0.6 is 11.3 Å². The second-order valence-electron chi connectivity index (χ2n) is 12.0. The molecule has 4 rings (SSSR count). The molecule has 3 N–H and O–H groups in total. The van der Waals surface area contributed by atoms with Crippen molar-refractivity contribution in [3.05, 3.63) is 56.0 Å². The van der Waals surface area contributed by atoms with Gasteiger partial charge in [-0.2, -0.15) is 10.2 Å². The van der Waals surface area contributed by atoms with Crippen molar-refractivity contribution in [3.8, 4) is 5.75 Å². The smallest absolute Gasteiger partial charge is 0.333 e. The number of nitrogens with one attached hydrogen (secondary N) is 1. The number of thiophene rings is 1. The van der Waals surface area contributed by atoms with Gasteiger partial charge in [-0.3, -0.25) is 14.2 Å². The van der Waals surface area contributed by atoms with E-state index in [-0.39, 0.29) is 40.2 Å². The number of nitrogens with zero attached hydrogens (tertiary/aromatic N) is 5. The van der Waals surface area contributed by atoms with Gasteiger partial charge in [-0.05, 0) is 85.4 Å². The van der Waals surface area contributed by atoms with Gasteiger partial charge in [-0.1, -0.05) is 11.3 Å². The van der Waals surface area contributed by atoms with E-state index in [2.05, 4.69) is 22.2 Å². The highest BCUT2D eigenvalue weighted by Crippen LogP contribution is 2.38.